The van der Waals surface area contributed by atoms with E-state index in [1.54, 1.807) is 26.8 Å². The van der Waals surface area contributed by atoms with E-state index in [1.165, 1.54) is 0 Å². The summed E-state index contributed by atoms with van der Waals surface area (Å²) in [6, 6.07) is 0. The third-order valence-corrected chi connectivity index (χ3v) is 1.70. The standard InChI is InChI=1S/C10H16N2O4/c1-5-7(3)11-15-9(13)10(14)16-12-8(4)6-2/h5,11H,6H2,1-4H3. The van der Waals surface area contributed by atoms with Crippen LogP contribution in [0.2, 0.25) is 0 Å². The third kappa shape index (κ3) is 5.79. The van der Waals surface area contributed by atoms with Crippen LogP contribution >= 0.6 is 0 Å². The van der Waals surface area contributed by atoms with Crippen molar-refractivity contribution >= 4 is 17.7 Å². The molecule has 0 fully saturated rings. The van der Waals surface area contributed by atoms with Gasteiger partial charge in [0.1, 0.15) is 0 Å². The molecular formula is C10H16N2O4. The van der Waals surface area contributed by atoms with Crippen molar-refractivity contribution in [2.75, 3.05) is 0 Å². The van der Waals surface area contributed by atoms with Gasteiger partial charge in [-0.3, -0.25) is 0 Å². The molecule has 0 atom stereocenters. The molecule has 0 radical (unpaired) electrons. The largest absolute Gasteiger partial charge is 0.445 e. The first-order valence-corrected chi connectivity index (χ1v) is 4.85. The van der Waals surface area contributed by atoms with Gasteiger partial charge in [0, 0.05) is 5.70 Å². The van der Waals surface area contributed by atoms with Crippen LogP contribution in [0.3, 0.4) is 0 Å². The van der Waals surface area contributed by atoms with Gasteiger partial charge < -0.3 is 9.68 Å². The molecule has 0 aromatic heterocycles. The smallest absolute Gasteiger partial charge is 0.333 e. The summed E-state index contributed by atoms with van der Waals surface area (Å²) < 4.78 is 0. The van der Waals surface area contributed by atoms with Crippen LogP contribution < -0.4 is 5.48 Å². The van der Waals surface area contributed by atoms with Crippen LogP contribution in [-0.2, 0) is 19.3 Å². The number of hydrogen-bond donors (Lipinski definition) is 1. The first-order valence-electron chi connectivity index (χ1n) is 4.85. The molecule has 90 valence electrons. The van der Waals surface area contributed by atoms with Crippen LogP contribution in [0, 0.1) is 0 Å². The maximum absolute atomic E-state index is 11.0. The number of oxime groups is 1. The highest BCUT2D eigenvalue weighted by molar-refractivity contribution is 6.29. The van der Waals surface area contributed by atoms with Gasteiger partial charge in [0.05, 0.1) is 5.71 Å². The highest BCUT2D eigenvalue weighted by atomic mass is 16.7. The molecule has 0 aromatic carbocycles. The van der Waals surface area contributed by atoms with Gasteiger partial charge >= 0.3 is 11.9 Å². The highest BCUT2D eigenvalue weighted by Gasteiger charge is 2.18. The van der Waals surface area contributed by atoms with Crippen molar-refractivity contribution < 1.29 is 19.3 Å². The number of rotatable bonds is 4. The van der Waals surface area contributed by atoms with Crippen LogP contribution in [0.15, 0.2) is 16.9 Å². The van der Waals surface area contributed by atoms with E-state index < -0.39 is 11.9 Å². The van der Waals surface area contributed by atoms with Gasteiger partial charge in [-0.25, -0.2) is 15.1 Å². The molecule has 0 rings (SSSR count). The first kappa shape index (κ1) is 14.2. The molecule has 1 N–H and O–H groups in total. The maximum atomic E-state index is 11.0. The summed E-state index contributed by atoms with van der Waals surface area (Å²) in [5.41, 5.74) is 3.49. The van der Waals surface area contributed by atoms with Gasteiger partial charge in [0.2, 0.25) is 0 Å². The molecular weight excluding hydrogens is 212 g/mol. The summed E-state index contributed by atoms with van der Waals surface area (Å²) in [6.45, 7) is 6.96. The molecule has 0 spiro atoms. The first-order chi connectivity index (χ1) is 7.51. The van der Waals surface area contributed by atoms with Crippen molar-refractivity contribution in [2.45, 2.75) is 34.1 Å². The average molecular weight is 228 g/mol. The third-order valence-electron chi connectivity index (χ3n) is 1.70. The molecule has 16 heavy (non-hydrogen) atoms. The van der Waals surface area contributed by atoms with E-state index in [2.05, 4.69) is 20.3 Å². The maximum Gasteiger partial charge on any atom is 0.445 e. The van der Waals surface area contributed by atoms with Crippen LogP contribution in [0.1, 0.15) is 34.1 Å². The van der Waals surface area contributed by atoms with E-state index in [0.717, 1.165) is 0 Å². The topological polar surface area (TPSA) is 77.0 Å². The van der Waals surface area contributed by atoms with Gasteiger partial charge in [0.25, 0.3) is 0 Å². The number of hydroxylamine groups is 1. The Morgan fingerprint density at radius 1 is 1.31 bits per heavy atom. The molecule has 0 saturated heterocycles. The van der Waals surface area contributed by atoms with Crippen LogP contribution in [0.5, 0.6) is 0 Å². The number of hydrogen-bond acceptors (Lipinski definition) is 6. The average Bonchev–Trinajstić information content (AvgIpc) is 2.31. The van der Waals surface area contributed by atoms with Crippen molar-refractivity contribution in [1.82, 2.24) is 5.48 Å². The van der Waals surface area contributed by atoms with Crippen LogP contribution in [0.4, 0.5) is 0 Å². The molecule has 0 amide bonds. The Labute approximate surface area is 94.2 Å². The Hall–Kier alpha value is -1.85. The van der Waals surface area contributed by atoms with E-state index in [1.807, 2.05) is 6.92 Å². The summed E-state index contributed by atoms with van der Waals surface area (Å²) in [6.07, 6.45) is 2.32. The van der Waals surface area contributed by atoms with Crippen molar-refractivity contribution in [3.63, 3.8) is 0 Å². The van der Waals surface area contributed by atoms with Crippen molar-refractivity contribution in [1.29, 1.82) is 0 Å². The minimum atomic E-state index is -1.16. The van der Waals surface area contributed by atoms with Crippen molar-refractivity contribution in [3.05, 3.63) is 11.8 Å². The Bertz CT molecular complexity index is 321. The van der Waals surface area contributed by atoms with E-state index in [9.17, 15) is 9.59 Å². The molecule has 0 heterocycles. The summed E-state index contributed by atoms with van der Waals surface area (Å²) in [5.74, 6) is -2.31. The second-order valence-electron chi connectivity index (χ2n) is 3.02. The Balaban J connectivity index is 4.06. The predicted octanol–water partition coefficient (Wildman–Crippen LogP) is 1.29. The Morgan fingerprint density at radius 2 is 1.94 bits per heavy atom. The monoisotopic (exact) mass is 228 g/mol. The second-order valence-corrected chi connectivity index (χ2v) is 3.02. The summed E-state index contributed by atoms with van der Waals surface area (Å²) in [7, 11) is 0. The zero-order valence-electron chi connectivity index (χ0n) is 9.86. The van der Waals surface area contributed by atoms with E-state index in [-0.39, 0.29) is 0 Å². The quantitative estimate of drug-likeness (QED) is 0.339. The van der Waals surface area contributed by atoms with E-state index in [0.29, 0.717) is 17.8 Å². The number of carbonyl (C=O) groups is 2. The lowest BCUT2D eigenvalue weighted by Crippen LogP contribution is -2.25. The van der Waals surface area contributed by atoms with Crippen LogP contribution in [0.25, 0.3) is 0 Å². The lowest BCUT2D eigenvalue weighted by atomic mass is 10.3. The van der Waals surface area contributed by atoms with E-state index in [4.69, 9.17) is 0 Å². The number of nitrogens with one attached hydrogen (secondary N) is 1. The molecule has 0 unspecified atom stereocenters. The zero-order valence-corrected chi connectivity index (χ0v) is 9.86. The summed E-state index contributed by atoms with van der Waals surface area (Å²) in [4.78, 5) is 30.8. The fraction of sp³-hybridized carbons (Fsp3) is 0.500. The lowest BCUT2D eigenvalue weighted by Gasteiger charge is -2.04. The Morgan fingerprint density at radius 3 is 2.44 bits per heavy atom. The number of allylic oxidation sites excluding steroid dienone is 2. The van der Waals surface area contributed by atoms with Gasteiger partial charge in [-0.15, -0.1) is 0 Å². The number of nitrogens with zero attached hydrogens (tertiary/aromatic N) is 1. The minimum absolute atomic E-state index is 0.606. The molecule has 0 aliphatic carbocycles. The zero-order chi connectivity index (χ0) is 12.6. The highest BCUT2D eigenvalue weighted by Crippen LogP contribution is 1.91. The molecule has 0 aromatic rings. The summed E-state index contributed by atoms with van der Waals surface area (Å²) in [5, 5.41) is 3.43. The van der Waals surface area contributed by atoms with Gasteiger partial charge in [-0.1, -0.05) is 18.2 Å². The predicted molar refractivity (Wildman–Crippen MR) is 58.2 cm³/mol. The SMILES string of the molecule is CC=C(C)NOC(=O)C(=O)ON=C(C)CC. The normalized spacial score (nSPS) is 12.0. The van der Waals surface area contributed by atoms with Crippen molar-refractivity contribution in [2.24, 2.45) is 5.16 Å². The molecule has 0 aliphatic rings. The van der Waals surface area contributed by atoms with Gasteiger partial charge in [0.15, 0.2) is 0 Å². The van der Waals surface area contributed by atoms with Gasteiger partial charge in [-0.2, -0.15) is 0 Å². The Kier molecular flexibility index (Phi) is 6.58. The lowest BCUT2D eigenvalue weighted by molar-refractivity contribution is -0.171. The molecule has 0 bridgehead atoms. The van der Waals surface area contributed by atoms with Gasteiger partial charge in [-0.05, 0) is 27.2 Å². The number of carbonyl (C=O) groups excluding carboxylic acids is 2. The molecule has 6 heteroatoms. The molecule has 0 saturated carbocycles. The van der Waals surface area contributed by atoms with Crippen molar-refractivity contribution in [3.8, 4) is 0 Å². The fourth-order valence-corrected chi connectivity index (χ4v) is 0.449. The second kappa shape index (κ2) is 7.44. The van der Waals surface area contributed by atoms with Crippen LogP contribution in [-0.4, -0.2) is 17.7 Å². The molecule has 6 nitrogen and oxygen atoms in total. The summed E-state index contributed by atoms with van der Waals surface area (Å²) >= 11 is 0. The fourth-order valence-electron chi connectivity index (χ4n) is 0.449. The molecule has 0 aliphatic heterocycles. The minimum Gasteiger partial charge on any atom is -0.333 e. The van der Waals surface area contributed by atoms with E-state index >= 15 is 0 Å².